The molecule has 8 heteroatoms. The lowest BCUT2D eigenvalue weighted by Gasteiger charge is -2.19. The zero-order chi connectivity index (χ0) is 18.4. The van der Waals surface area contributed by atoms with Crippen LogP contribution in [-0.4, -0.2) is 30.7 Å². The van der Waals surface area contributed by atoms with Crippen LogP contribution >= 0.6 is 11.3 Å². The number of benzene rings is 1. The van der Waals surface area contributed by atoms with Gasteiger partial charge in [0.15, 0.2) is 11.5 Å². The molecule has 0 unspecified atom stereocenters. The largest absolute Gasteiger partial charge is 0.486 e. The summed E-state index contributed by atoms with van der Waals surface area (Å²) in [4.78, 5) is 24.9. The minimum Gasteiger partial charge on any atom is -0.486 e. The molecule has 7 nitrogen and oxygen atoms in total. The van der Waals surface area contributed by atoms with Crippen LogP contribution in [-0.2, 0) is 16.0 Å². The first-order valence-corrected chi connectivity index (χ1v) is 9.02. The van der Waals surface area contributed by atoms with Gasteiger partial charge in [-0.3, -0.25) is 9.59 Å². The number of amides is 2. The topological polar surface area (TPSA) is 89.0 Å². The third-order valence-electron chi connectivity index (χ3n) is 3.53. The number of carbonyl (C=O) groups excluding carboxylic acids is 2. The molecule has 2 heterocycles. The molecule has 2 amide bonds. The predicted molar refractivity (Wildman–Crippen MR) is 100.0 cm³/mol. The monoisotopic (exact) mass is 373 g/mol. The quantitative estimate of drug-likeness (QED) is 0.602. The molecule has 0 aliphatic carbocycles. The highest BCUT2D eigenvalue weighted by Gasteiger charge is 2.13. The molecule has 0 spiro atoms. The zero-order valence-electron chi connectivity index (χ0n) is 14.3. The molecule has 3 rings (SSSR count). The van der Waals surface area contributed by atoms with E-state index in [0.29, 0.717) is 36.1 Å². The van der Waals surface area contributed by atoms with E-state index < -0.39 is 0 Å². The third kappa shape index (κ3) is 5.06. The van der Waals surface area contributed by atoms with E-state index in [0.717, 1.165) is 4.88 Å². The number of rotatable bonds is 6. The van der Waals surface area contributed by atoms with E-state index in [1.165, 1.54) is 11.3 Å². The van der Waals surface area contributed by atoms with Gasteiger partial charge in [-0.2, -0.15) is 5.10 Å². The number of hydrazone groups is 1. The van der Waals surface area contributed by atoms with Crippen LogP contribution in [0.3, 0.4) is 0 Å². The van der Waals surface area contributed by atoms with Gasteiger partial charge in [-0.15, -0.1) is 11.3 Å². The molecule has 1 aromatic carbocycles. The van der Waals surface area contributed by atoms with E-state index in [1.807, 2.05) is 17.5 Å². The fourth-order valence-electron chi connectivity index (χ4n) is 2.37. The minimum atomic E-state index is -0.226. The van der Waals surface area contributed by atoms with Crippen molar-refractivity contribution in [3.05, 3.63) is 40.6 Å². The molecular weight excluding hydrogens is 354 g/mol. The van der Waals surface area contributed by atoms with Crippen LogP contribution in [0, 0.1) is 0 Å². The highest BCUT2D eigenvalue weighted by Crippen LogP contribution is 2.32. The van der Waals surface area contributed by atoms with Gasteiger partial charge in [0.1, 0.15) is 13.2 Å². The summed E-state index contributed by atoms with van der Waals surface area (Å²) in [5.41, 5.74) is 3.60. The molecule has 0 saturated heterocycles. The summed E-state index contributed by atoms with van der Waals surface area (Å²) >= 11 is 1.51. The molecule has 1 aromatic heterocycles. The van der Waals surface area contributed by atoms with Gasteiger partial charge in [0.05, 0.1) is 12.8 Å². The van der Waals surface area contributed by atoms with Crippen molar-refractivity contribution in [2.24, 2.45) is 5.10 Å². The lowest BCUT2D eigenvalue weighted by Crippen LogP contribution is -2.22. The molecule has 0 saturated carbocycles. The fourth-order valence-corrected chi connectivity index (χ4v) is 3.07. The van der Waals surface area contributed by atoms with Gasteiger partial charge >= 0.3 is 0 Å². The van der Waals surface area contributed by atoms with Crippen molar-refractivity contribution in [3.63, 3.8) is 0 Å². The summed E-state index contributed by atoms with van der Waals surface area (Å²) in [5.74, 6) is 0.843. The number of hydrogen-bond donors (Lipinski definition) is 2. The molecular formula is C18H19N3O4S. The number of nitrogens with zero attached hydrogens (tertiary/aromatic N) is 1. The average molecular weight is 373 g/mol. The maximum atomic E-state index is 12.1. The van der Waals surface area contributed by atoms with E-state index in [-0.39, 0.29) is 24.7 Å². The Morgan fingerprint density at radius 3 is 2.73 bits per heavy atom. The van der Waals surface area contributed by atoms with Crippen molar-refractivity contribution in [1.29, 1.82) is 0 Å². The molecule has 0 radical (unpaired) electrons. The summed E-state index contributed by atoms with van der Waals surface area (Å²) in [5, 5.41) is 8.67. The van der Waals surface area contributed by atoms with Crippen LogP contribution < -0.4 is 20.2 Å². The summed E-state index contributed by atoms with van der Waals surface area (Å²) < 4.78 is 10.9. The Balaban J connectivity index is 1.48. The molecule has 1 aliphatic rings. The second-order valence-electron chi connectivity index (χ2n) is 5.72. The Morgan fingerprint density at radius 2 is 1.96 bits per heavy atom. The predicted octanol–water partition coefficient (Wildman–Crippen LogP) is 2.58. The molecule has 0 bridgehead atoms. The van der Waals surface area contributed by atoms with E-state index in [9.17, 15) is 9.59 Å². The van der Waals surface area contributed by atoms with Gasteiger partial charge in [0.2, 0.25) is 11.8 Å². The second kappa shape index (κ2) is 8.48. The third-order valence-corrected chi connectivity index (χ3v) is 4.41. The number of fused-ring (bicyclic) bond motifs is 1. The van der Waals surface area contributed by atoms with Crippen molar-refractivity contribution in [2.75, 3.05) is 18.5 Å². The SMILES string of the molecule is C/C(CC(=O)Nc1ccc2c(c1)OCCO2)=N\NC(=O)Cc1cccs1. The van der Waals surface area contributed by atoms with E-state index in [1.54, 1.807) is 25.1 Å². The van der Waals surface area contributed by atoms with Crippen LogP contribution in [0.2, 0.25) is 0 Å². The highest BCUT2D eigenvalue weighted by atomic mass is 32.1. The van der Waals surface area contributed by atoms with Crippen molar-refractivity contribution in [2.45, 2.75) is 19.8 Å². The van der Waals surface area contributed by atoms with Crippen LogP contribution in [0.1, 0.15) is 18.2 Å². The Hall–Kier alpha value is -2.87. The zero-order valence-corrected chi connectivity index (χ0v) is 15.1. The second-order valence-corrected chi connectivity index (χ2v) is 6.75. The van der Waals surface area contributed by atoms with E-state index in [2.05, 4.69) is 15.8 Å². The number of hydrogen-bond acceptors (Lipinski definition) is 6. The molecule has 1 aliphatic heterocycles. The van der Waals surface area contributed by atoms with Gasteiger partial charge in [0, 0.05) is 22.3 Å². The molecule has 0 atom stereocenters. The smallest absolute Gasteiger partial charge is 0.245 e. The highest BCUT2D eigenvalue weighted by molar-refractivity contribution is 7.10. The number of nitrogens with one attached hydrogen (secondary N) is 2. The fraction of sp³-hybridized carbons (Fsp3) is 0.278. The van der Waals surface area contributed by atoms with Crippen molar-refractivity contribution < 1.29 is 19.1 Å². The van der Waals surface area contributed by atoms with Gasteiger partial charge in [-0.25, -0.2) is 5.43 Å². The molecule has 0 fully saturated rings. The molecule has 136 valence electrons. The molecule has 26 heavy (non-hydrogen) atoms. The van der Waals surface area contributed by atoms with E-state index in [4.69, 9.17) is 9.47 Å². The summed E-state index contributed by atoms with van der Waals surface area (Å²) in [7, 11) is 0. The first-order valence-electron chi connectivity index (χ1n) is 8.14. The standard InChI is InChI=1S/C18H19N3O4S/c1-12(20-21-18(23)11-14-3-2-8-26-14)9-17(22)19-13-4-5-15-16(10-13)25-7-6-24-15/h2-5,8,10H,6-7,9,11H2,1H3,(H,19,22)(H,21,23)/b20-12+. The number of thiophene rings is 1. The van der Waals surface area contributed by atoms with Crippen molar-refractivity contribution in [3.8, 4) is 11.5 Å². The number of ether oxygens (including phenoxy) is 2. The summed E-state index contributed by atoms with van der Waals surface area (Å²) in [6, 6.07) is 9.02. The summed E-state index contributed by atoms with van der Waals surface area (Å²) in [6.07, 6.45) is 0.353. The number of anilines is 1. The van der Waals surface area contributed by atoms with Gasteiger partial charge in [0.25, 0.3) is 0 Å². The Kier molecular flexibility index (Phi) is 5.85. The molecule has 2 N–H and O–H groups in total. The first-order chi connectivity index (χ1) is 12.6. The van der Waals surface area contributed by atoms with Crippen molar-refractivity contribution in [1.82, 2.24) is 5.43 Å². The maximum absolute atomic E-state index is 12.1. The summed E-state index contributed by atoms with van der Waals surface area (Å²) in [6.45, 7) is 2.70. The van der Waals surface area contributed by atoms with Crippen LogP contribution in [0.4, 0.5) is 5.69 Å². The lowest BCUT2D eigenvalue weighted by atomic mass is 10.2. The normalized spacial score (nSPS) is 13.2. The van der Waals surface area contributed by atoms with Crippen LogP contribution in [0.5, 0.6) is 11.5 Å². The Morgan fingerprint density at radius 1 is 1.15 bits per heavy atom. The van der Waals surface area contributed by atoms with Gasteiger partial charge < -0.3 is 14.8 Å². The van der Waals surface area contributed by atoms with Gasteiger partial charge in [-0.1, -0.05) is 6.07 Å². The Labute approximate surface area is 155 Å². The first kappa shape index (κ1) is 17.9. The van der Waals surface area contributed by atoms with Crippen LogP contribution in [0.25, 0.3) is 0 Å². The lowest BCUT2D eigenvalue weighted by molar-refractivity contribution is -0.120. The van der Waals surface area contributed by atoms with Crippen molar-refractivity contribution >= 4 is 34.6 Å². The Bertz CT molecular complexity index is 818. The van der Waals surface area contributed by atoms with Crippen LogP contribution in [0.15, 0.2) is 40.8 Å². The van der Waals surface area contributed by atoms with Gasteiger partial charge in [-0.05, 0) is 30.5 Å². The average Bonchev–Trinajstić information content (AvgIpc) is 3.12. The maximum Gasteiger partial charge on any atom is 0.245 e. The number of carbonyl (C=O) groups is 2. The van der Waals surface area contributed by atoms with E-state index >= 15 is 0 Å². The minimum absolute atomic E-state index is 0.0771. The molecule has 2 aromatic rings.